The summed E-state index contributed by atoms with van der Waals surface area (Å²) in [6.45, 7) is 3.26. The van der Waals surface area contributed by atoms with Crippen LogP contribution in [0.2, 0.25) is 0 Å². The standard InChI is InChI=1S/C11H18N2O2/c1-8(14)13(11(15)9-4-5-9)10-3-2-6-12-7-10/h9-10,12H,2-7H2,1H3. The predicted octanol–water partition coefficient (Wildman–Crippen LogP) is 0.523. The van der Waals surface area contributed by atoms with E-state index in [1.807, 2.05) is 0 Å². The van der Waals surface area contributed by atoms with Gasteiger partial charge in [-0.2, -0.15) is 0 Å². The molecule has 4 heteroatoms. The number of carbonyl (C=O) groups is 2. The molecule has 4 nitrogen and oxygen atoms in total. The molecule has 0 aromatic rings. The van der Waals surface area contributed by atoms with Gasteiger partial charge in [-0.25, -0.2) is 0 Å². The zero-order chi connectivity index (χ0) is 10.8. The van der Waals surface area contributed by atoms with Gasteiger partial charge in [0, 0.05) is 19.4 Å². The van der Waals surface area contributed by atoms with Gasteiger partial charge >= 0.3 is 0 Å². The Hall–Kier alpha value is -0.900. The first kappa shape index (κ1) is 10.6. The molecule has 0 radical (unpaired) electrons. The maximum absolute atomic E-state index is 11.9. The third-order valence-corrected chi connectivity index (χ3v) is 3.14. The van der Waals surface area contributed by atoms with Crippen molar-refractivity contribution in [1.29, 1.82) is 0 Å². The van der Waals surface area contributed by atoms with Crippen molar-refractivity contribution < 1.29 is 9.59 Å². The summed E-state index contributed by atoms with van der Waals surface area (Å²) < 4.78 is 0. The molecular weight excluding hydrogens is 192 g/mol. The molecule has 1 aliphatic carbocycles. The summed E-state index contributed by atoms with van der Waals surface area (Å²) in [6.07, 6.45) is 3.92. The Morgan fingerprint density at radius 1 is 1.27 bits per heavy atom. The molecule has 0 aromatic carbocycles. The summed E-state index contributed by atoms with van der Waals surface area (Å²) in [7, 11) is 0. The molecule has 2 amide bonds. The molecule has 1 saturated carbocycles. The van der Waals surface area contributed by atoms with Crippen molar-refractivity contribution in [1.82, 2.24) is 10.2 Å². The van der Waals surface area contributed by atoms with Crippen molar-refractivity contribution in [2.45, 2.75) is 38.6 Å². The van der Waals surface area contributed by atoms with Crippen molar-refractivity contribution in [2.75, 3.05) is 13.1 Å². The average molecular weight is 210 g/mol. The molecule has 0 aromatic heterocycles. The fourth-order valence-corrected chi connectivity index (χ4v) is 2.17. The monoisotopic (exact) mass is 210 g/mol. The molecule has 1 aliphatic heterocycles. The molecule has 0 bridgehead atoms. The molecule has 1 atom stereocenters. The van der Waals surface area contributed by atoms with E-state index in [-0.39, 0.29) is 23.8 Å². The minimum absolute atomic E-state index is 0.0520. The van der Waals surface area contributed by atoms with E-state index in [1.54, 1.807) is 0 Å². The van der Waals surface area contributed by atoms with E-state index in [2.05, 4.69) is 5.32 Å². The number of piperidine rings is 1. The summed E-state index contributed by atoms with van der Waals surface area (Å²) >= 11 is 0. The first-order valence-corrected chi connectivity index (χ1v) is 5.74. The van der Waals surface area contributed by atoms with E-state index < -0.39 is 0 Å². The van der Waals surface area contributed by atoms with Crippen molar-refractivity contribution >= 4 is 11.8 Å². The number of rotatable bonds is 2. The second-order valence-electron chi connectivity index (χ2n) is 4.50. The Labute approximate surface area is 90.0 Å². The van der Waals surface area contributed by atoms with Gasteiger partial charge in [-0.1, -0.05) is 0 Å². The van der Waals surface area contributed by atoms with Crippen LogP contribution in [0.4, 0.5) is 0 Å². The molecule has 84 valence electrons. The molecule has 2 aliphatic rings. The van der Waals surface area contributed by atoms with E-state index in [4.69, 9.17) is 0 Å². The molecule has 1 N–H and O–H groups in total. The molecule has 2 rings (SSSR count). The molecule has 1 unspecified atom stereocenters. The zero-order valence-electron chi connectivity index (χ0n) is 9.16. The van der Waals surface area contributed by atoms with E-state index >= 15 is 0 Å². The maximum atomic E-state index is 11.9. The highest BCUT2D eigenvalue weighted by Gasteiger charge is 2.38. The van der Waals surface area contributed by atoms with Crippen LogP contribution in [0.25, 0.3) is 0 Å². The Morgan fingerprint density at radius 3 is 2.47 bits per heavy atom. The van der Waals surface area contributed by atoms with Gasteiger partial charge in [0.05, 0.1) is 6.04 Å². The van der Waals surface area contributed by atoms with Crippen LogP contribution < -0.4 is 5.32 Å². The Balaban J connectivity index is 2.03. The van der Waals surface area contributed by atoms with Crippen molar-refractivity contribution in [2.24, 2.45) is 5.92 Å². The van der Waals surface area contributed by atoms with Gasteiger partial charge in [-0.05, 0) is 32.2 Å². The van der Waals surface area contributed by atoms with Gasteiger partial charge in [0.1, 0.15) is 0 Å². The molecule has 1 heterocycles. The smallest absolute Gasteiger partial charge is 0.232 e. The summed E-state index contributed by atoms with van der Waals surface area (Å²) in [5, 5.41) is 3.24. The van der Waals surface area contributed by atoms with Crippen molar-refractivity contribution in [3.8, 4) is 0 Å². The summed E-state index contributed by atoms with van der Waals surface area (Å²) in [5.41, 5.74) is 0. The summed E-state index contributed by atoms with van der Waals surface area (Å²) in [5.74, 6) is 0.0904. The van der Waals surface area contributed by atoms with Gasteiger partial charge in [-0.3, -0.25) is 14.5 Å². The molecule has 15 heavy (non-hydrogen) atoms. The van der Waals surface area contributed by atoms with Gasteiger partial charge in [0.25, 0.3) is 0 Å². The lowest BCUT2D eigenvalue weighted by molar-refractivity contribution is -0.147. The number of nitrogens with one attached hydrogen (secondary N) is 1. The van der Waals surface area contributed by atoms with Crippen molar-refractivity contribution in [3.05, 3.63) is 0 Å². The molecule has 0 spiro atoms. The number of hydrogen-bond acceptors (Lipinski definition) is 3. The fraction of sp³-hybridized carbons (Fsp3) is 0.818. The highest BCUT2D eigenvalue weighted by molar-refractivity contribution is 5.96. The van der Waals surface area contributed by atoms with Crippen molar-refractivity contribution in [3.63, 3.8) is 0 Å². The number of carbonyl (C=O) groups excluding carboxylic acids is 2. The number of amides is 2. The Morgan fingerprint density at radius 2 is 2.00 bits per heavy atom. The molecule has 1 saturated heterocycles. The second-order valence-corrected chi connectivity index (χ2v) is 4.50. The highest BCUT2D eigenvalue weighted by Crippen LogP contribution is 2.32. The number of imide groups is 1. The van der Waals surface area contributed by atoms with E-state index in [9.17, 15) is 9.59 Å². The minimum Gasteiger partial charge on any atom is -0.315 e. The van der Waals surface area contributed by atoms with Crippen LogP contribution in [0.5, 0.6) is 0 Å². The largest absolute Gasteiger partial charge is 0.315 e. The minimum atomic E-state index is -0.0967. The van der Waals surface area contributed by atoms with Crippen LogP contribution in [0.3, 0.4) is 0 Å². The van der Waals surface area contributed by atoms with Gasteiger partial charge in [0.15, 0.2) is 0 Å². The number of nitrogens with zero attached hydrogens (tertiary/aromatic N) is 1. The zero-order valence-corrected chi connectivity index (χ0v) is 9.16. The van der Waals surface area contributed by atoms with Crippen LogP contribution in [0.1, 0.15) is 32.6 Å². The third-order valence-electron chi connectivity index (χ3n) is 3.14. The lowest BCUT2D eigenvalue weighted by Gasteiger charge is -2.32. The SMILES string of the molecule is CC(=O)N(C(=O)C1CC1)C1CCCNC1. The van der Waals surface area contributed by atoms with Gasteiger partial charge < -0.3 is 5.32 Å². The summed E-state index contributed by atoms with van der Waals surface area (Å²) in [4.78, 5) is 24.9. The van der Waals surface area contributed by atoms with Crippen LogP contribution in [0, 0.1) is 5.92 Å². The predicted molar refractivity (Wildman–Crippen MR) is 56.1 cm³/mol. The Bertz CT molecular complexity index is 268. The molecule has 2 fully saturated rings. The van der Waals surface area contributed by atoms with Crippen LogP contribution in [-0.4, -0.2) is 35.8 Å². The second kappa shape index (κ2) is 4.31. The maximum Gasteiger partial charge on any atom is 0.232 e. The van der Waals surface area contributed by atoms with E-state index in [1.165, 1.54) is 11.8 Å². The Kier molecular flexibility index (Phi) is 3.05. The lowest BCUT2D eigenvalue weighted by Crippen LogP contribution is -2.51. The number of hydrogen-bond donors (Lipinski definition) is 1. The topological polar surface area (TPSA) is 49.4 Å². The van der Waals surface area contributed by atoms with E-state index in [0.29, 0.717) is 0 Å². The van der Waals surface area contributed by atoms with Gasteiger partial charge in [0.2, 0.25) is 11.8 Å². The quantitative estimate of drug-likeness (QED) is 0.723. The van der Waals surface area contributed by atoms with E-state index in [0.717, 1.165) is 38.8 Å². The first-order valence-electron chi connectivity index (χ1n) is 5.74. The molecular formula is C11H18N2O2. The fourth-order valence-electron chi connectivity index (χ4n) is 2.17. The summed E-state index contributed by atoms with van der Waals surface area (Å²) in [6, 6.07) is 0.0874. The van der Waals surface area contributed by atoms with Crippen LogP contribution >= 0.6 is 0 Å². The normalized spacial score (nSPS) is 26.1. The van der Waals surface area contributed by atoms with Crippen LogP contribution in [0.15, 0.2) is 0 Å². The van der Waals surface area contributed by atoms with Crippen LogP contribution in [-0.2, 0) is 9.59 Å². The van der Waals surface area contributed by atoms with Gasteiger partial charge in [-0.15, -0.1) is 0 Å². The third kappa shape index (κ3) is 2.37. The first-order chi connectivity index (χ1) is 7.20. The highest BCUT2D eigenvalue weighted by atomic mass is 16.2. The average Bonchev–Trinajstić information content (AvgIpc) is 3.02. The lowest BCUT2D eigenvalue weighted by atomic mass is 10.1.